The molecule has 1 aromatic carbocycles. The number of nitrogens with zero attached hydrogens (tertiary/aromatic N) is 1. The summed E-state index contributed by atoms with van der Waals surface area (Å²) < 4.78 is 19.2. The van der Waals surface area contributed by atoms with Crippen molar-refractivity contribution in [3.05, 3.63) is 57.9 Å². The quantitative estimate of drug-likeness (QED) is 0.687. The van der Waals surface area contributed by atoms with E-state index in [0.29, 0.717) is 23.5 Å². The third-order valence-electron chi connectivity index (χ3n) is 3.41. The third-order valence-corrected chi connectivity index (χ3v) is 4.02. The van der Waals surface area contributed by atoms with E-state index in [1.807, 2.05) is 12.1 Å². The van der Waals surface area contributed by atoms with Crippen LogP contribution in [0.5, 0.6) is 5.88 Å². The van der Waals surface area contributed by atoms with Gasteiger partial charge in [0.15, 0.2) is 0 Å². The molecule has 1 heterocycles. The first-order chi connectivity index (χ1) is 11.6. The Balaban J connectivity index is 1.90. The Morgan fingerprint density at radius 2 is 2.21 bits per heavy atom. The van der Waals surface area contributed by atoms with Crippen LogP contribution in [0.2, 0.25) is 0 Å². The first-order valence-corrected chi connectivity index (χ1v) is 8.66. The number of aromatic nitrogens is 1. The number of hydrogen-bond donors (Lipinski definition) is 1. The van der Waals surface area contributed by atoms with Crippen LogP contribution in [-0.2, 0) is 17.8 Å². The van der Waals surface area contributed by atoms with Gasteiger partial charge < -0.3 is 10.1 Å². The molecule has 2 aromatic rings. The molecule has 0 saturated carbocycles. The van der Waals surface area contributed by atoms with Crippen molar-refractivity contribution in [2.24, 2.45) is 0 Å². The molecule has 1 amide bonds. The van der Waals surface area contributed by atoms with Crippen LogP contribution in [-0.4, -0.2) is 17.5 Å². The first-order valence-electron chi connectivity index (χ1n) is 7.87. The summed E-state index contributed by atoms with van der Waals surface area (Å²) in [6.45, 7) is 3.05. The van der Waals surface area contributed by atoms with Gasteiger partial charge >= 0.3 is 0 Å². The van der Waals surface area contributed by atoms with Crippen molar-refractivity contribution >= 4 is 21.8 Å². The monoisotopic (exact) mass is 394 g/mol. The van der Waals surface area contributed by atoms with Crippen LogP contribution in [0.25, 0.3) is 0 Å². The number of ether oxygens (including phenoxy) is 1. The van der Waals surface area contributed by atoms with Gasteiger partial charge in [-0.3, -0.25) is 4.79 Å². The van der Waals surface area contributed by atoms with Crippen LogP contribution in [0.15, 0.2) is 41.0 Å². The lowest BCUT2D eigenvalue weighted by Gasteiger charge is -2.11. The molecule has 128 valence electrons. The molecular formula is C18H20BrFN2O2. The van der Waals surface area contributed by atoms with Crippen molar-refractivity contribution in [1.29, 1.82) is 0 Å². The Labute approximate surface area is 149 Å². The third kappa shape index (κ3) is 5.60. The molecule has 0 saturated heterocycles. The number of carbonyl (C=O) groups is 1. The number of hydrogen-bond acceptors (Lipinski definition) is 3. The molecule has 1 N–H and O–H groups in total. The number of nitrogens with one attached hydrogen (secondary N) is 1. The number of pyridine rings is 1. The maximum atomic E-state index is 13.2. The average Bonchev–Trinajstić information content (AvgIpc) is 2.57. The highest BCUT2D eigenvalue weighted by molar-refractivity contribution is 9.10. The van der Waals surface area contributed by atoms with Crippen molar-refractivity contribution in [2.45, 2.75) is 32.7 Å². The van der Waals surface area contributed by atoms with E-state index in [-0.39, 0.29) is 18.1 Å². The summed E-state index contributed by atoms with van der Waals surface area (Å²) in [6.07, 6.45) is 3.86. The van der Waals surface area contributed by atoms with E-state index in [2.05, 4.69) is 33.2 Å². The van der Waals surface area contributed by atoms with E-state index in [1.54, 1.807) is 18.3 Å². The van der Waals surface area contributed by atoms with Gasteiger partial charge in [0.1, 0.15) is 5.82 Å². The Hall–Kier alpha value is -1.95. The molecule has 6 heteroatoms. The zero-order chi connectivity index (χ0) is 17.4. The molecule has 0 fully saturated rings. The van der Waals surface area contributed by atoms with Crippen LogP contribution < -0.4 is 10.1 Å². The number of rotatable bonds is 8. The molecule has 0 spiro atoms. The van der Waals surface area contributed by atoms with Gasteiger partial charge in [-0.2, -0.15) is 0 Å². The smallest absolute Gasteiger partial charge is 0.224 e. The van der Waals surface area contributed by atoms with E-state index in [4.69, 9.17) is 4.74 Å². The summed E-state index contributed by atoms with van der Waals surface area (Å²) in [5.74, 6) is 0.0658. The number of amides is 1. The van der Waals surface area contributed by atoms with Crippen molar-refractivity contribution in [3.8, 4) is 5.88 Å². The average molecular weight is 395 g/mol. The summed E-state index contributed by atoms with van der Waals surface area (Å²) in [5, 5.41) is 2.84. The summed E-state index contributed by atoms with van der Waals surface area (Å²) >= 11 is 3.12. The predicted molar refractivity (Wildman–Crippen MR) is 94.3 cm³/mol. The fourth-order valence-corrected chi connectivity index (χ4v) is 2.52. The van der Waals surface area contributed by atoms with Crippen LogP contribution >= 0.6 is 15.9 Å². The predicted octanol–water partition coefficient (Wildman–Crippen LogP) is 4.02. The number of halogens is 2. The van der Waals surface area contributed by atoms with E-state index >= 15 is 0 Å². The first kappa shape index (κ1) is 18.4. The Bertz CT molecular complexity index is 694. The van der Waals surface area contributed by atoms with Crippen LogP contribution in [0.3, 0.4) is 0 Å². The maximum absolute atomic E-state index is 13.2. The Kier molecular flexibility index (Phi) is 7.18. The second kappa shape index (κ2) is 9.37. The summed E-state index contributed by atoms with van der Waals surface area (Å²) in [5.41, 5.74) is 1.58. The van der Waals surface area contributed by atoms with E-state index in [1.165, 1.54) is 6.07 Å². The van der Waals surface area contributed by atoms with Gasteiger partial charge in [0.25, 0.3) is 0 Å². The molecule has 0 unspecified atom stereocenters. The molecule has 0 bridgehead atoms. The maximum Gasteiger partial charge on any atom is 0.224 e. The normalized spacial score (nSPS) is 10.5. The van der Waals surface area contributed by atoms with Crippen molar-refractivity contribution in [3.63, 3.8) is 0 Å². The SMILES string of the molecule is CCCCOc1ncccc1CNC(=O)Cc1ccc(F)c(Br)c1. The summed E-state index contributed by atoms with van der Waals surface area (Å²) in [7, 11) is 0. The molecule has 0 radical (unpaired) electrons. The highest BCUT2D eigenvalue weighted by atomic mass is 79.9. The van der Waals surface area contributed by atoms with Gasteiger partial charge in [-0.05, 0) is 46.1 Å². The second-order valence-electron chi connectivity index (χ2n) is 5.37. The minimum atomic E-state index is -0.344. The molecule has 1 aromatic heterocycles. The Morgan fingerprint density at radius 1 is 1.38 bits per heavy atom. The summed E-state index contributed by atoms with van der Waals surface area (Å²) in [6, 6.07) is 8.24. The topological polar surface area (TPSA) is 51.2 Å². The number of unbranched alkanes of at least 4 members (excludes halogenated alkanes) is 1. The lowest BCUT2D eigenvalue weighted by Crippen LogP contribution is -2.25. The van der Waals surface area contributed by atoms with Crippen LogP contribution in [0.1, 0.15) is 30.9 Å². The molecule has 0 aliphatic carbocycles. The van der Waals surface area contributed by atoms with Crippen molar-refractivity contribution in [2.75, 3.05) is 6.61 Å². The highest BCUT2D eigenvalue weighted by Gasteiger charge is 2.09. The highest BCUT2D eigenvalue weighted by Crippen LogP contribution is 2.17. The molecule has 0 aliphatic rings. The Morgan fingerprint density at radius 3 is 2.96 bits per heavy atom. The molecule has 0 atom stereocenters. The number of benzene rings is 1. The molecule has 4 nitrogen and oxygen atoms in total. The standard InChI is InChI=1S/C18H20BrFN2O2/c1-2-3-9-24-18-14(5-4-8-21-18)12-22-17(23)11-13-6-7-16(20)15(19)10-13/h4-8,10H,2-3,9,11-12H2,1H3,(H,22,23). The zero-order valence-electron chi connectivity index (χ0n) is 13.5. The minimum Gasteiger partial charge on any atom is -0.477 e. The van der Waals surface area contributed by atoms with Gasteiger partial charge in [-0.15, -0.1) is 0 Å². The van der Waals surface area contributed by atoms with Gasteiger partial charge in [0.2, 0.25) is 11.8 Å². The van der Waals surface area contributed by atoms with E-state index in [0.717, 1.165) is 24.0 Å². The lowest BCUT2D eigenvalue weighted by molar-refractivity contribution is -0.120. The molecule has 24 heavy (non-hydrogen) atoms. The molecule has 0 aliphatic heterocycles. The molecular weight excluding hydrogens is 375 g/mol. The fourth-order valence-electron chi connectivity index (χ4n) is 2.09. The van der Waals surface area contributed by atoms with E-state index < -0.39 is 0 Å². The van der Waals surface area contributed by atoms with Gasteiger partial charge in [-0.25, -0.2) is 9.37 Å². The largest absolute Gasteiger partial charge is 0.477 e. The van der Waals surface area contributed by atoms with Crippen LogP contribution in [0, 0.1) is 5.82 Å². The van der Waals surface area contributed by atoms with Crippen molar-refractivity contribution < 1.29 is 13.9 Å². The zero-order valence-corrected chi connectivity index (χ0v) is 15.1. The van der Waals surface area contributed by atoms with Crippen LogP contribution in [0.4, 0.5) is 4.39 Å². The van der Waals surface area contributed by atoms with Gasteiger partial charge in [0, 0.05) is 18.3 Å². The van der Waals surface area contributed by atoms with Crippen molar-refractivity contribution in [1.82, 2.24) is 10.3 Å². The second-order valence-corrected chi connectivity index (χ2v) is 6.23. The van der Waals surface area contributed by atoms with Gasteiger partial charge in [0.05, 0.1) is 17.5 Å². The minimum absolute atomic E-state index is 0.142. The molecule has 2 rings (SSSR count). The lowest BCUT2D eigenvalue weighted by atomic mass is 10.1. The van der Waals surface area contributed by atoms with E-state index in [9.17, 15) is 9.18 Å². The summed E-state index contributed by atoms with van der Waals surface area (Å²) in [4.78, 5) is 16.3. The fraction of sp³-hybridized carbons (Fsp3) is 0.333. The van der Waals surface area contributed by atoms with Gasteiger partial charge in [-0.1, -0.05) is 25.5 Å². The number of carbonyl (C=O) groups excluding carboxylic acids is 1.